The number of ketones is 1. The van der Waals surface area contributed by atoms with E-state index in [2.05, 4.69) is 0 Å². The number of carboxylic acids is 1. The summed E-state index contributed by atoms with van der Waals surface area (Å²) >= 11 is 0. The van der Waals surface area contributed by atoms with Crippen molar-refractivity contribution >= 4 is 17.8 Å². The van der Waals surface area contributed by atoms with Crippen LogP contribution in [-0.4, -0.2) is 34.3 Å². The van der Waals surface area contributed by atoms with Gasteiger partial charge in [0, 0.05) is 18.3 Å². The number of allylic oxidation sites excluding steroid dienone is 1. The zero-order valence-electron chi connectivity index (χ0n) is 16.9. The Hall–Kier alpha value is -4.00. The van der Waals surface area contributed by atoms with E-state index in [-0.39, 0.29) is 12.6 Å². The molecular weight excluding hydrogens is 398 g/mol. The molecule has 0 saturated heterocycles. The van der Waals surface area contributed by atoms with Crippen molar-refractivity contribution < 1.29 is 28.9 Å². The Balaban J connectivity index is 1.41. The summed E-state index contributed by atoms with van der Waals surface area (Å²) in [6, 6.07) is 15.9. The van der Waals surface area contributed by atoms with E-state index in [4.69, 9.17) is 19.3 Å². The molecule has 1 aliphatic rings. The molecule has 0 aliphatic carbocycles. The van der Waals surface area contributed by atoms with Crippen LogP contribution in [0, 0.1) is 0 Å². The largest absolute Gasteiger partial charge is 0.479 e. The first-order chi connectivity index (χ1) is 15.0. The summed E-state index contributed by atoms with van der Waals surface area (Å²) < 4.78 is 17.9. The molecule has 0 saturated carbocycles. The smallest absolute Gasteiger partial charge is 0.344 e. The Labute approximate surface area is 179 Å². The van der Waals surface area contributed by atoms with Crippen molar-refractivity contribution in [1.82, 2.24) is 4.57 Å². The second-order valence-electron chi connectivity index (χ2n) is 7.01. The number of aliphatic carboxylic acids is 1. The highest BCUT2D eigenvalue weighted by Gasteiger charge is 2.18. The van der Waals surface area contributed by atoms with Gasteiger partial charge in [0.1, 0.15) is 5.75 Å². The molecule has 0 bridgehead atoms. The van der Waals surface area contributed by atoms with Crippen LogP contribution in [0.5, 0.6) is 17.2 Å². The van der Waals surface area contributed by atoms with Gasteiger partial charge in [0.2, 0.25) is 12.6 Å². The van der Waals surface area contributed by atoms with Crippen molar-refractivity contribution in [3.63, 3.8) is 0 Å². The number of rotatable bonds is 8. The predicted molar refractivity (Wildman–Crippen MR) is 114 cm³/mol. The van der Waals surface area contributed by atoms with Gasteiger partial charge >= 0.3 is 5.97 Å². The number of carboxylic acid groups (broad SMARTS) is 1. The topological polar surface area (TPSA) is 87.0 Å². The minimum Gasteiger partial charge on any atom is -0.479 e. The van der Waals surface area contributed by atoms with Gasteiger partial charge in [-0.3, -0.25) is 4.79 Å². The standard InChI is InChI=1S/C24H21NO6/c1-16(24(27)28)31-19-9-6-17(7-10-19)4-2-12-25-13-3-5-20(25)23(26)18-8-11-21-22(14-18)30-15-29-21/h2-11,13-14,16H,12,15H2,1H3,(H,27,28). The average molecular weight is 419 g/mol. The van der Waals surface area contributed by atoms with E-state index in [1.54, 1.807) is 36.4 Å². The van der Waals surface area contributed by atoms with Gasteiger partial charge in [-0.1, -0.05) is 24.3 Å². The van der Waals surface area contributed by atoms with Gasteiger partial charge in [-0.15, -0.1) is 0 Å². The Bertz CT molecular complexity index is 1130. The van der Waals surface area contributed by atoms with Crippen LogP contribution in [-0.2, 0) is 11.3 Å². The van der Waals surface area contributed by atoms with Gasteiger partial charge in [0.25, 0.3) is 0 Å². The fourth-order valence-corrected chi connectivity index (χ4v) is 3.18. The minimum absolute atomic E-state index is 0.0919. The molecule has 158 valence electrons. The second-order valence-corrected chi connectivity index (χ2v) is 7.01. The highest BCUT2D eigenvalue weighted by Crippen LogP contribution is 2.33. The van der Waals surface area contributed by atoms with Crippen molar-refractivity contribution in [2.75, 3.05) is 6.79 Å². The number of hydrogen-bond acceptors (Lipinski definition) is 5. The van der Waals surface area contributed by atoms with Crippen molar-refractivity contribution in [3.8, 4) is 17.2 Å². The van der Waals surface area contributed by atoms with Crippen LogP contribution in [0.3, 0.4) is 0 Å². The lowest BCUT2D eigenvalue weighted by molar-refractivity contribution is -0.144. The molecule has 1 unspecified atom stereocenters. The van der Waals surface area contributed by atoms with Gasteiger partial charge in [-0.05, 0) is 55.0 Å². The lowest BCUT2D eigenvalue weighted by Gasteiger charge is -2.10. The van der Waals surface area contributed by atoms with Crippen molar-refractivity contribution in [1.29, 1.82) is 0 Å². The number of aromatic nitrogens is 1. The molecule has 1 N–H and O–H groups in total. The summed E-state index contributed by atoms with van der Waals surface area (Å²) in [6.45, 7) is 2.17. The van der Waals surface area contributed by atoms with E-state index >= 15 is 0 Å². The lowest BCUT2D eigenvalue weighted by atomic mass is 10.1. The SMILES string of the molecule is CC(Oc1ccc(C=CCn2cccc2C(=O)c2ccc3c(c2)OCO3)cc1)C(=O)O. The fourth-order valence-electron chi connectivity index (χ4n) is 3.18. The molecule has 31 heavy (non-hydrogen) atoms. The summed E-state index contributed by atoms with van der Waals surface area (Å²) in [5.41, 5.74) is 2.06. The van der Waals surface area contributed by atoms with Crippen LogP contribution < -0.4 is 14.2 Å². The van der Waals surface area contributed by atoms with Crippen molar-refractivity contribution in [2.45, 2.75) is 19.6 Å². The number of fused-ring (bicyclic) bond motifs is 1. The van der Waals surface area contributed by atoms with Gasteiger partial charge in [-0.2, -0.15) is 0 Å². The highest BCUT2D eigenvalue weighted by atomic mass is 16.7. The summed E-state index contributed by atoms with van der Waals surface area (Å²) in [6.07, 6.45) is 4.83. The Morgan fingerprint density at radius 3 is 2.68 bits per heavy atom. The van der Waals surface area contributed by atoms with Crippen LogP contribution in [0.2, 0.25) is 0 Å². The molecule has 0 spiro atoms. The van der Waals surface area contributed by atoms with Crippen LogP contribution in [0.4, 0.5) is 0 Å². The molecule has 1 atom stereocenters. The summed E-state index contributed by atoms with van der Waals surface area (Å²) in [5.74, 6) is 0.611. The maximum Gasteiger partial charge on any atom is 0.344 e. The normalized spacial score (nSPS) is 13.3. The molecule has 7 heteroatoms. The van der Waals surface area contributed by atoms with Gasteiger partial charge in [0.05, 0.1) is 5.69 Å². The van der Waals surface area contributed by atoms with E-state index in [0.29, 0.717) is 35.1 Å². The van der Waals surface area contributed by atoms with E-state index in [0.717, 1.165) is 5.56 Å². The molecule has 2 aromatic carbocycles. The molecule has 4 rings (SSSR count). The number of hydrogen-bond donors (Lipinski definition) is 1. The van der Waals surface area contributed by atoms with E-state index < -0.39 is 12.1 Å². The van der Waals surface area contributed by atoms with E-state index in [1.165, 1.54) is 6.92 Å². The van der Waals surface area contributed by atoms with E-state index in [9.17, 15) is 9.59 Å². The number of carbonyl (C=O) groups is 2. The maximum atomic E-state index is 12.9. The van der Waals surface area contributed by atoms with Gasteiger partial charge in [0.15, 0.2) is 17.6 Å². The Morgan fingerprint density at radius 1 is 1.13 bits per heavy atom. The van der Waals surface area contributed by atoms with Crippen LogP contribution in [0.15, 0.2) is 66.9 Å². The molecule has 0 amide bonds. The minimum atomic E-state index is -1.01. The molecule has 1 aromatic heterocycles. The molecule has 1 aliphatic heterocycles. The summed E-state index contributed by atoms with van der Waals surface area (Å²) in [7, 11) is 0. The Morgan fingerprint density at radius 2 is 1.90 bits per heavy atom. The molecule has 3 aromatic rings. The number of carbonyl (C=O) groups excluding carboxylic acids is 1. The number of nitrogens with zero attached hydrogens (tertiary/aromatic N) is 1. The van der Waals surface area contributed by atoms with Crippen molar-refractivity contribution in [2.24, 2.45) is 0 Å². The molecule has 0 fully saturated rings. The van der Waals surface area contributed by atoms with E-state index in [1.807, 2.05) is 41.1 Å². The zero-order valence-corrected chi connectivity index (χ0v) is 16.9. The fraction of sp³-hybridized carbons (Fsp3) is 0.167. The molecular formula is C24H21NO6. The maximum absolute atomic E-state index is 12.9. The van der Waals surface area contributed by atoms with Gasteiger partial charge < -0.3 is 23.9 Å². The highest BCUT2D eigenvalue weighted by molar-refractivity contribution is 6.08. The number of ether oxygens (including phenoxy) is 3. The second kappa shape index (κ2) is 8.79. The average Bonchev–Trinajstić information content (AvgIpc) is 3.43. The van der Waals surface area contributed by atoms with Crippen LogP contribution >= 0.6 is 0 Å². The first-order valence-electron chi connectivity index (χ1n) is 9.77. The van der Waals surface area contributed by atoms with Gasteiger partial charge in [-0.25, -0.2) is 4.79 Å². The lowest BCUT2D eigenvalue weighted by Crippen LogP contribution is -2.22. The third-order valence-electron chi connectivity index (χ3n) is 4.85. The molecule has 0 radical (unpaired) electrons. The first-order valence-corrected chi connectivity index (χ1v) is 9.77. The third-order valence-corrected chi connectivity index (χ3v) is 4.85. The quantitative estimate of drug-likeness (QED) is 0.555. The predicted octanol–water partition coefficient (Wildman–Crippen LogP) is 4.01. The number of benzene rings is 2. The summed E-state index contributed by atoms with van der Waals surface area (Å²) in [4.78, 5) is 23.8. The monoisotopic (exact) mass is 419 g/mol. The van der Waals surface area contributed by atoms with Crippen LogP contribution in [0.25, 0.3) is 6.08 Å². The summed E-state index contributed by atoms with van der Waals surface area (Å²) in [5, 5.41) is 8.91. The Kier molecular flexibility index (Phi) is 5.75. The molecule has 2 heterocycles. The zero-order chi connectivity index (χ0) is 21.8. The third kappa shape index (κ3) is 4.61. The first kappa shape index (κ1) is 20.3. The molecule has 7 nitrogen and oxygen atoms in total. The van der Waals surface area contributed by atoms with Crippen molar-refractivity contribution in [3.05, 3.63) is 83.7 Å². The van der Waals surface area contributed by atoms with Crippen LogP contribution in [0.1, 0.15) is 28.5 Å².